The molecule has 2 aliphatic heterocycles. The number of carbonyl (C=O) groups excluding carboxylic acids is 3. The Bertz CT molecular complexity index is 738. The lowest BCUT2D eigenvalue weighted by atomic mass is 9.91. The van der Waals surface area contributed by atoms with E-state index in [1.165, 1.54) is 7.11 Å². The second-order valence-electron chi connectivity index (χ2n) is 7.95. The van der Waals surface area contributed by atoms with Gasteiger partial charge in [-0.2, -0.15) is 0 Å². The largest absolute Gasteiger partial charge is 0.465 e. The van der Waals surface area contributed by atoms with Crippen molar-refractivity contribution in [2.75, 3.05) is 33.4 Å². The molecule has 3 rings (SSSR count). The topological polar surface area (TPSA) is 85.4 Å². The quantitative estimate of drug-likeness (QED) is 0.738. The highest BCUT2D eigenvalue weighted by Crippen LogP contribution is 2.28. The van der Waals surface area contributed by atoms with Crippen LogP contribution in [0, 0.1) is 5.41 Å². The minimum absolute atomic E-state index is 0.0652. The van der Waals surface area contributed by atoms with Crippen molar-refractivity contribution in [1.29, 1.82) is 0 Å². The average Bonchev–Trinajstić information content (AvgIpc) is 2.70. The molecule has 0 saturated carbocycles. The second kappa shape index (κ2) is 8.08. The molecule has 2 aliphatic rings. The molecule has 0 N–H and O–H groups in total. The lowest BCUT2D eigenvalue weighted by Gasteiger charge is -2.43. The zero-order chi connectivity index (χ0) is 20.3. The summed E-state index contributed by atoms with van der Waals surface area (Å²) in [6.07, 6.45) is 0.653. The number of cyclic esters (lactones) is 1. The molecule has 0 aromatic heterocycles. The van der Waals surface area contributed by atoms with Crippen LogP contribution in [0.5, 0.6) is 5.75 Å². The Morgan fingerprint density at radius 2 is 1.79 bits per heavy atom. The van der Waals surface area contributed by atoms with Gasteiger partial charge in [-0.15, -0.1) is 0 Å². The molecule has 152 valence electrons. The van der Waals surface area contributed by atoms with E-state index < -0.39 is 12.1 Å². The van der Waals surface area contributed by atoms with Crippen LogP contribution in [0.25, 0.3) is 0 Å². The number of nitrogens with zero attached hydrogens (tertiary/aromatic N) is 2. The van der Waals surface area contributed by atoms with Gasteiger partial charge in [0.2, 0.25) is 0 Å². The summed E-state index contributed by atoms with van der Waals surface area (Å²) < 4.78 is 15.3. The predicted molar refractivity (Wildman–Crippen MR) is 100 cm³/mol. The molecule has 2 fully saturated rings. The van der Waals surface area contributed by atoms with E-state index in [4.69, 9.17) is 9.47 Å². The highest BCUT2D eigenvalue weighted by molar-refractivity contribution is 5.89. The Labute approximate surface area is 164 Å². The summed E-state index contributed by atoms with van der Waals surface area (Å²) in [4.78, 5) is 39.4. The number of methoxy groups -OCH3 is 1. The van der Waals surface area contributed by atoms with Crippen molar-refractivity contribution in [2.45, 2.75) is 32.7 Å². The van der Waals surface area contributed by atoms with Gasteiger partial charge < -0.3 is 24.0 Å². The maximum Gasteiger partial charge on any atom is 0.415 e. The first kappa shape index (κ1) is 20.0. The van der Waals surface area contributed by atoms with Crippen molar-refractivity contribution in [3.05, 3.63) is 29.8 Å². The zero-order valence-corrected chi connectivity index (χ0v) is 16.5. The summed E-state index contributed by atoms with van der Waals surface area (Å²) in [5.74, 6) is -0.0829. The molecule has 0 atom stereocenters. The number of rotatable bonds is 3. The van der Waals surface area contributed by atoms with Crippen LogP contribution in [0.4, 0.5) is 9.59 Å². The van der Waals surface area contributed by atoms with Crippen molar-refractivity contribution in [3.8, 4) is 5.75 Å². The van der Waals surface area contributed by atoms with Crippen LogP contribution in [-0.2, 0) is 9.47 Å². The molecule has 2 saturated heterocycles. The van der Waals surface area contributed by atoms with E-state index in [9.17, 15) is 14.4 Å². The lowest BCUT2D eigenvalue weighted by Crippen LogP contribution is -2.55. The van der Waals surface area contributed by atoms with Crippen LogP contribution < -0.4 is 4.74 Å². The van der Waals surface area contributed by atoms with Crippen LogP contribution in [-0.4, -0.2) is 67.3 Å². The fourth-order valence-electron chi connectivity index (χ4n) is 3.49. The van der Waals surface area contributed by atoms with Crippen molar-refractivity contribution in [1.82, 2.24) is 9.80 Å². The Hall–Kier alpha value is -2.77. The highest BCUT2D eigenvalue weighted by Gasteiger charge is 2.38. The van der Waals surface area contributed by atoms with Gasteiger partial charge in [0.25, 0.3) is 0 Å². The first-order valence-electron chi connectivity index (χ1n) is 9.37. The SMILES string of the molecule is COC(=O)c1ccc(OC(=O)N2CCC(N3CC(C)(C)COC3=O)CC2)cc1. The normalized spacial score (nSPS) is 19.8. The molecule has 2 amide bonds. The van der Waals surface area contributed by atoms with E-state index >= 15 is 0 Å². The Morgan fingerprint density at radius 3 is 2.39 bits per heavy atom. The Morgan fingerprint density at radius 1 is 1.14 bits per heavy atom. The van der Waals surface area contributed by atoms with Gasteiger partial charge in [0.15, 0.2) is 0 Å². The van der Waals surface area contributed by atoms with Gasteiger partial charge in [-0.3, -0.25) is 0 Å². The second-order valence-corrected chi connectivity index (χ2v) is 7.95. The third-order valence-corrected chi connectivity index (χ3v) is 5.06. The minimum Gasteiger partial charge on any atom is -0.465 e. The van der Waals surface area contributed by atoms with Crippen molar-refractivity contribution >= 4 is 18.2 Å². The van der Waals surface area contributed by atoms with E-state index in [2.05, 4.69) is 18.6 Å². The number of hydrogen-bond donors (Lipinski definition) is 0. The molecule has 0 unspecified atom stereocenters. The minimum atomic E-state index is -0.445. The zero-order valence-electron chi connectivity index (χ0n) is 16.5. The highest BCUT2D eigenvalue weighted by atomic mass is 16.6. The van der Waals surface area contributed by atoms with Gasteiger partial charge in [0, 0.05) is 31.1 Å². The number of amides is 2. The summed E-state index contributed by atoms with van der Waals surface area (Å²) in [6, 6.07) is 6.27. The lowest BCUT2D eigenvalue weighted by molar-refractivity contribution is -0.0151. The maximum absolute atomic E-state index is 12.4. The van der Waals surface area contributed by atoms with E-state index in [0.29, 0.717) is 50.4 Å². The number of esters is 1. The molecule has 1 aromatic carbocycles. The molecule has 2 heterocycles. The number of likely N-dealkylation sites (tertiary alicyclic amines) is 1. The van der Waals surface area contributed by atoms with Gasteiger partial charge in [0.1, 0.15) is 5.75 Å². The van der Waals surface area contributed by atoms with E-state index in [1.54, 1.807) is 34.1 Å². The van der Waals surface area contributed by atoms with Crippen molar-refractivity contribution in [2.24, 2.45) is 5.41 Å². The summed E-state index contributed by atoms with van der Waals surface area (Å²) in [7, 11) is 1.31. The number of hydrogen-bond acceptors (Lipinski definition) is 6. The fraction of sp³-hybridized carbons (Fsp3) is 0.550. The van der Waals surface area contributed by atoms with Crippen molar-refractivity contribution in [3.63, 3.8) is 0 Å². The summed E-state index contributed by atoms with van der Waals surface area (Å²) in [5.41, 5.74) is 0.319. The van der Waals surface area contributed by atoms with E-state index in [0.717, 1.165) is 0 Å². The number of ether oxygens (including phenoxy) is 3. The smallest absolute Gasteiger partial charge is 0.415 e. The van der Waals surface area contributed by atoms with Gasteiger partial charge in [-0.1, -0.05) is 13.8 Å². The first-order valence-corrected chi connectivity index (χ1v) is 9.37. The fourth-order valence-corrected chi connectivity index (χ4v) is 3.49. The van der Waals surface area contributed by atoms with Crippen LogP contribution >= 0.6 is 0 Å². The molecule has 8 heteroatoms. The molecule has 0 bridgehead atoms. The monoisotopic (exact) mass is 390 g/mol. The number of benzene rings is 1. The molecule has 28 heavy (non-hydrogen) atoms. The van der Waals surface area contributed by atoms with E-state index in [1.807, 2.05) is 0 Å². The molecule has 0 radical (unpaired) electrons. The van der Waals surface area contributed by atoms with Crippen LogP contribution in [0.15, 0.2) is 24.3 Å². The molecule has 0 aliphatic carbocycles. The van der Waals surface area contributed by atoms with Gasteiger partial charge in [-0.25, -0.2) is 14.4 Å². The molecule has 1 aromatic rings. The number of piperidine rings is 1. The van der Waals surface area contributed by atoms with Crippen LogP contribution in [0.2, 0.25) is 0 Å². The molecule has 0 spiro atoms. The maximum atomic E-state index is 12.4. The van der Waals surface area contributed by atoms with Gasteiger partial charge in [0.05, 0.1) is 19.3 Å². The third-order valence-electron chi connectivity index (χ3n) is 5.06. The summed E-state index contributed by atoms with van der Waals surface area (Å²) >= 11 is 0. The molecule has 8 nitrogen and oxygen atoms in total. The van der Waals surface area contributed by atoms with E-state index in [-0.39, 0.29) is 17.6 Å². The van der Waals surface area contributed by atoms with Gasteiger partial charge >= 0.3 is 18.2 Å². The van der Waals surface area contributed by atoms with Gasteiger partial charge in [-0.05, 0) is 37.1 Å². The predicted octanol–water partition coefficient (Wildman–Crippen LogP) is 2.91. The Kier molecular flexibility index (Phi) is 5.76. The first-order chi connectivity index (χ1) is 13.3. The standard InChI is InChI=1S/C20H26N2O6/c1-20(2)12-22(19(25)27-13-20)15-8-10-21(11-9-15)18(24)28-16-6-4-14(5-7-16)17(23)26-3/h4-7,15H,8-13H2,1-3H3. The van der Waals surface area contributed by atoms with Crippen LogP contribution in [0.3, 0.4) is 0 Å². The third kappa shape index (κ3) is 4.55. The van der Waals surface area contributed by atoms with Crippen molar-refractivity contribution < 1.29 is 28.6 Å². The number of carbonyl (C=O) groups is 3. The molecular formula is C20H26N2O6. The summed E-state index contributed by atoms with van der Waals surface area (Å²) in [5, 5.41) is 0. The summed E-state index contributed by atoms with van der Waals surface area (Å²) in [6.45, 7) is 6.26. The molecular weight excluding hydrogens is 364 g/mol. The Balaban J connectivity index is 1.52. The van der Waals surface area contributed by atoms with Crippen LogP contribution in [0.1, 0.15) is 37.0 Å². The average molecular weight is 390 g/mol.